The monoisotopic (exact) mass is 409 g/mol. The van der Waals surface area contributed by atoms with Gasteiger partial charge in [-0.15, -0.1) is 0 Å². The van der Waals surface area contributed by atoms with E-state index in [1.807, 2.05) is 24.3 Å². The molecular weight excluding hydrogens is 378 g/mol. The number of amides is 2. The summed E-state index contributed by atoms with van der Waals surface area (Å²) in [5.41, 5.74) is 3.45. The fourth-order valence-electron chi connectivity index (χ4n) is 4.06. The molecule has 2 aliphatic heterocycles. The Bertz CT molecular complexity index is 847. The molecule has 6 nitrogen and oxygen atoms in total. The van der Waals surface area contributed by atoms with Crippen molar-refractivity contribution in [3.63, 3.8) is 0 Å². The van der Waals surface area contributed by atoms with Crippen LogP contribution in [0.25, 0.3) is 0 Å². The molecule has 2 aromatic carbocycles. The van der Waals surface area contributed by atoms with Crippen molar-refractivity contribution in [1.82, 2.24) is 15.5 Å². The highest BCUT2D eigenvalue weighted by molar-refractivity contribution is 5.74. The number of nitrogens with one attached hydrogen (secondary N) is 2. The number of hydrogen-bond acceptors (Lipinski definition) is 4. The zero-order valence-electron chi connectivity index (χ0n) is 17.7. The summed E-state index contributed by atoms with van der Waals surface area (Å²) in [4.78, 5) is 15.0. The van der Waals surface area contributed by atoms with Gasteiger partial charge in [-0.25, -0.2) is 4.79 Å². The van der Waals surface area contributed by atoms with Gasteiger partial charge in [-0.1, -0.05) is 35.9 Å². The molecule has 1 atom stereocenters. The Morgan fingerprint density at radius 2 is 1.70 bits per heavy atom. The molecule has 2 aromatic rings. The lowest BCUT2D eigenvalue weighted by molar-refractivity contribution is 0.171. The van der Waals surface area contributed by atoms with Crippen molar-refractivity contribution in [2.75, 3.05) is 32.8 Å². The molecule has 30 heavy (non-hydrogen) atoms. The van der Waals surface area contributed by atoms with Crippen LogP contribution >= 0.6 is 0 Å². The van der Waals surface area contributed by atoms with Gasteiger partial charge in [0.25, 0.3) is 0 Å². The molecule has 160 valence electrons. The van der Waals surface area contributed by atoms with Crippen molar-refractivity contribution in [2.45, 2.75) is 38.8 Å². The number of hydrogen-bond donors (Lipinski definition) is 2. The first kappa shape index (κ1) is 20.5. The maximum Gasteiger partial charge on any atom is 0.315 e. The Morgan fingerprint density at radius 1 is 1.00 bits per heavy atom. The molecule has 2 N–H and O–H groups in total. The van der Waals surface area contributed by atoms with Gasteiger partial charge in [0.15, 0.2) is 11.5 Å². The van der Waals surface area contributed by atoms with E-state index in [-0.39, 0.29) is 12.1 Å². The molecule has 2 aliphatic rings. The number of rotatable bonds is 7. The average Bonchev–Trinajstić information content (AvgIpc) is 3.26. The van der Waals surface area contributed by atoms with E-state index in [4.69, 9.17) is 9.47 Å². The average molecular weight is 410 g/mol. The molecule has 1 saturated heterocycles. The topological polar surface area (TPSA) is 62.8 Å². The smallest absolute Gasteiger partial charge is 0.315 e. The van der Waals surface area contributed by atoms with Gasteiger partial charge in [0, 0.05) is 19.1 Å². The van der Waals surface area contributed by atoms with Crippen LogP contribution in [-0.4, -0.2) is 49.8 Å². The molecule has 2 amide bonds. The van der Waals surface area contributed by atoms with Gasteiger partial charge in [-0.05, 0) is 62.5 Å². The maximum absolute atomic E-state index is 12.6. The molecule has 0 saturated carbocycles. The van der Waals surface area contributed by atoms with Crippen LogP contribution in [-0.2, 0) is 13.0 Å². The summed E-state index contributed by atoms with van der Waals surface area (Å²) >= 11 is 0. The van der Waals surface area contributed by atoms with Gasteiger partial charge in [0.2, 0.25) is 0 Å². The Balaban J connectivity index is 1.37. The first-order valence-electron chi connectivity index (χ1n) is 10.9. The molecule has 4 rings (SSSR count). The minimum absolute atomic E-state index is 0.0312. The second kappa shape index (κ2) is 9.85. The molecule has 1 fully saturated rings. The van der Waals surface area contributed by atoms with Crippen LogP contribution in [0.5, 0.6) is 11.5 Å². The first-order chi connectivity index (χ1) is 14.7. The summed E-state index contributed by atoms with van der Waals surface area (Å²) in [6.45, 7) is 6.80. The van der Waals surface area contributed by atoms with E-state index in [0.717, 1.165) is 48.7 Å². The highest BCUT2D eigenvalue weighted by Crippen LogP contribution is 2.31. The summed E-state index contributed by atoms with van der Waals surface area (Å²) in [6, 6.07) is 14.2. The molecule has 0 aliphatic carbocycles. The third kappa shape index (κ3) is 5.66. The van der Waals surface area contributed by atoms with Gasteiger partial charge in [0.1, 0.15) is 13.2 Å². The third-order valence-corrected chi connectivity index (χ3v) is 5.67. The Labute approximate surface area is 178 Å². The largest absolute Gasteiger partial charge is 0.486 e. The lowest BCUT2D eigenvalue weighted by Gasteiger charge is -2.25. The van der Waals surface area contributed by atoms with Crippen LogP contribution < -0.4 is 20.1 Å². The van der Waals surface area contributed by atoms with E-state index < -0.39 is 0 Å². The van der Waals surface area contributed by atoms with E-state index in [0.29, 0.717) is 19.8 Å². The quantitative estimate of drug-likeness (QED) is 0.737. The molecular formula is C24H31N3O3. The highest BCUT2D eigenvalue weighted by atomic mass is 16.6. The number of carbonyl (C=O) groups excluding carboxylic acids is 1. The second-order valence-electron chi connectivity index (χ2n) is 8.20. The first-order valence-corrected chi connectivity index (χ1v) is 10.9. The van der Waals surface area contributed by atoms with Gasteiger partial charge < -0.3 is 25.0 Å². The highest BCUT2D eigenvalue weighted by Gasteiger charge is 2.21. The van der Waals surface area contributed by atoms with Crippen LogP contribution in [0, 0.1) is 6.92 Å². The fraction of sp³-hybridized carbons (Fsp3) is 0.458. The Hall–Kier alpha value is -2.73. The lowest BCUT2D eigenvalue weighted by Crippen LogP contribution is -2.48. The second-order valence-corrected chi connectivity index (χ2v) is 8.20. The van der Waals surface area contributed by atoms with E-state index >= 15 is 0 Å². The Kier molecular flexibility index (Phi) is 6.74. The number of aryl methyl sites for hydroxylation is 1. The van der Waals surface area contributed by atoms with E-state index in [2.05, 4.69) is 40.7 Å². The normalized spacial score (nSPS) is 16.8. The summed E-state index contributed by atoms with van der Waals surface area (Å²) in [7, 11) is 0. The molecule has 1 unspecified atom stereocenters. The molecule has 0 radical (unpaired) electrons. The summed E-state index contributed by atoms with van der Waals surface area (Å²) < 4.78 is 11.3. The molecule has 0 aromatic heterocycles. The number of benzene rings is 2. The number of ether oxygens (including phenoxy) is 2. The predicted molar refractivity (Wildman–Crippen MR) is 117 cm³/mol. The standard InChI is InChI=1S/C24H31N3O3/c1-18-4-6-19(7-5-18)16-25-24(28)26-21(17-27-10-2-3-11-27)14-20-8-9-22-23(15-20)30-13-12-29-22/h4-9,15,21H,2-3,10-14,16-17H2,1H3,(H2,25,26,28). The van der Waals surface area contributed by atoms with Gasteiger partial charge in [-0.2, -0.15) is 0 Å². The van der Waals surface area contributed by atoms with E-state index in [9.17, 15) is 4.79 Å². The fourth-order valence-corrected chi connectivity index (χ4v) is 4.06. The van der Waals surface area contributed by atoms with Crippen molar-refractivity contribution >= 4 is 6.03 Å². The minimum Gasteiger partial charge on any atom is -0.486 e. The van der Waals surface area contributed by atoms with Crippen LogP contribution in [0.15, 0.2) is 42.5 Å². The lowest BCUT2D eigenvalue weighted by atomic mass is 10.0. The van der Waals surface area contributed by atoms with Crippen LogP contribution in [0.2, 0.25) is 0 Å². The van der Waals surface area contributed by atoms with Crippen LogP contribution in [0.1, 0.15) is 29.5 Å². The molecule has 0 spiro atoms. The van der Waals surface area contributed by atoms with Crippen molar-refractivity contribution in [3.05, 3.63) is 59.2 Å². The summed E-state index contributed by atoms with van der Waals surface area (Å²) in [5, 5.41) is 6.19. The minimum atomic E-state index is -0.127. The van der Waals surface area contributed by atoms with E-state index in [1.165, 1.54) is 18.4 Å². The molecule has 0 bridgehead atoms. The molecule has 6 heteroatoms. The van der Waals surface area contributed by atoms with Crippen molar-refractivity contribution in [2.24, 2.45) is 0 Å². The van der Waals surface area contributed by atoms with E-state index in [1.54, 1.807) is 0 Å². The molecule has 2 heterocycles. The number of urea groups is 1. The maximum atomic E-state index is 12.6. The number of carbonyl (C=O) groups is 1. The summed E-state index contributed by atoms with van der Waals surface area (Å²) in [5.74, 6) is 1.59. The van der Waals surface area contributed by atoms with Crippen molar-refractivity contribution in [3.8, 4) is 11.5 Å². The zero-order chi connectivity index (χ0) is 20.8. The van der Waals surface area contributed by atoms with Crippen molar-refractivity contribution < 1.29 is 14.3 Å². The van der Waals surface area contributed by atoms with Gasteiger partial charge >= 0.3 is 6.03 Å². The van der Waals surface area contributed by atoms with Gasteiger partial charge in [-0.3, -0.25) is 0 Å². The zero-order valence-corrected chi connectivity index (χ0v) is 17.7. The number of nitrogens with zero attached hydrogens (tertiary/aromatic N) is 1. The number of likely N-dealkylation sites (tertiary alicyclic amines) is 1. The number of fused-ring (bicyclic) bond motifs is 1. The predicted octanol–water partition coefficient (Wildman–Crippen LogP) is 3.27. The van der Waals surface area contributed by atoms with Crippen LogP contribution in [0.4, 0.5) is 4.79 Å². The van der Waals surface area contributed by atoms with Gasteiger partial charge in [0.05, 0.1) is 0 Å². The van der Waals surface area contributed by atoms with Crippen LogP contribution in [0.3, 0.4) is 0 Å². The third-order valence-electron chi connectivity index (χ3n) is 5.67. The van der Waals surface area contributed by atoms with Crippen molar-refractivity contribution in [1.29, 1.82) is 0 Å². The Morgan fingerprint density at radius 3 is 2.47 bits per heavy atom. The SMILES string of the molecule is Cc1ccc(CNC(=O)NC(Cc2ccc3c(c2)OCCO3)CN2CCCC2)cc1. The summed E-state index contributed by atoms with van der Waals surface area (Å²) in [6.07, 6.45) is 3.22.